The van der Waals surface area contributed by atoms with Crippen molar-refractivity contribution in [1.82, 2.24) is 0 Å². The van der Waals surface area contributed by atoms with Gasteiger partial charge >= 0.3 is 0 Å². The molecule has 1 amide bonds. The van der Waals surface area contributed by atoms with E-state index < -0.39 is 17.5 Å². The first-order valence-electron chi connectivity index (χ1n) is 7.75. The summed E-state index contributed by atoms with van der Waals surface area (Å²) in [7, 11) is 0. The maximum absolute atomic E-state index is 13.7. The normalized spacial score (nSPS) is 10.4. The van der Waals surface area contributed by atoms with Gasteiger partial charge in [-0.3, -0.25) is 4.79 Å². The molecule has 0 aliphatic heterocycles. The lowest BCUT2D eigenvalue weighted by Crippen LogP contribution is -2.14. The smallest absolute Gasteiger partial charge is 0.259 e. The average Bonchev–Trinajstić information content (AvgIpc) is 2.64. The number of ether oxygens (including phenoxy) is 1. The molecule has 0 heterocycles. The van der Waals surface area contributed by atoms with Crippen molar-refractivity contribution in [3.05, 3.63) is 94.5 Å². The summed E-state index contributed by atoms with van der Waals surface area (Å²) >= 11 is 5.85. The van der Waals surface area contributed by atoms with Gasteiger partial charge in [0.1, 0.15) is 24.0 Å². The number of anilines is 1. The Bertz CT molecular complexity index is 929. The third-order valence-electron chi connectivity index (χ3n) is 3.62. The Morgan fingerprint density at radius 1 is 1.00 bits per heavy atom. The predicted octanol–water partition coefficient (Wildman–Crippen LogP) is 5.45. The lowest BCUT2D eigenvalue weighted by molar-refractivity contribution is 0.102. The first-order valence-corrected chi connectivity index (χ1v) is 8.13. The molecule has 3 nitrogen and oxygen atoms in total. The minimum Gasteiger partial charge on any atom is -0.488 e. The molecule has 26 heavy (non-hydrogen) atoms. The second-order valence-corrected chi connectivity index (χ2v) is 5.93. The highest BCUT2D eigenvalue weighted by Gasteiger charge is 2.14. The maximum Gasteiger partial charge on any atom is 0.259 e. The summed E-state index contributed by atoms with van der Waals surface area (Å²) in [5, 5.41) is 3.04. The van der Waals surface area contributed by atoms with E-state index in [4.69, 9.17) is 16.3 Å². The Balaban J connectivity index is 1.75. The van der Waals surface area contributed by atoms with Gasteiger partial charge in [0.05, 0.1) is 11.3 Å². The van der Waals surface area contributed by atoms with Gasteiger partial charge in [0.2, 0.25) is 0 Å². The number of rotatable bonds is 5. The molecule has 0 saturated heterocycles. The van der Waals surface area contributed by atoms with E-state index in [2.05, 4.69) is 5.32 Å². The zero-order chi connectivity index (χ0) is 18.5. The molecule has 0 aliphatic carbocycles. The molecule has 0 aromatic heterocycles. The third-order valence-corrected chi connectivity index (χ3v) is 3.87. The summed E-state index contributed by atoms with van der Waals surface area (Å²) in [4.78, 5) is 12.5. The van der Waals surface area contributed by atoms with Gasteiger partial charge in [0.25, 0.3) is 5.91 Å². The van der Waals surface area contributed by atoms with E-state index >= 15 is 0 Å². The molecule has 0 fully saturated rings. The topological polar surface area (TPSA) is 38.3 Å². The monoisotopic (exact) mass is 373 g/mol. The van der Waals surface area contributed by atoms with E-state index in [-0.39, 0.29) is 17.9 Å². The van der Waals surface area contributed by atoms with Crippen LogP contribution in [0, 0.1) is 11.6 Å². The van der Waals surface area contributed by atoms with Crippen LogP contribution in [0.2, 0.25) is 5.02 Å². The number of para-hydroxylation sites is 1. The zero-order valence-electron chi connectivity index (χ0n) is 13.5. The van der Waals surface area contributed by atoms with Crippen LogP contribution in [0.15, 0.2) is 66.7 Å². The summed E-state index contributed by atoms with van der Waals surface area (Å²) in [5.41, 5.74) is 1.02. The molecule has 0 saturated carbocycles. The molecule has 1 N–H and O–H groups in total. The van der Waals surface area contributed by atoms with Crippen molar-refractivity contribution in [3.8, 4) is 5.75 Å². The first-order chi connectivity index (χ1) is 12.5. The molecule has 0 spiro atoms. The highest BCUT2D eigenvalue weighted by Crippen LogP contribution is 2.22. The number of nitrogens with one attached hydrogen (secondary N) is 1. The number of amides is 1. The van der Waals surface area contributed by atoms with Gasteiger partial charge in [-0.15, -0.1) is 0 Å². The molecule has 0 aliphatic rings. The summed E-state index contributed by atoms with van der Waals surface area (Å²) in [6.07, 6.45) is 0. The fourth-order valence-electron chi connectivity index (χ4n) is 2.30. The van der Waals surface area contributed by atoms with Crippen LogP contribution in [0.25, 0.3) is 0 Å². The molecule has 0 radical (unpaired) electrons. The van der Waals surface area contributed by atoms with Crippen molar-refractivity contribution >= 4 is 23.2 Å². The Morgan fingerprint density at radius 2 is 1.73 bits per heavy atom. The van der Waals surface area contributed by atoms with Gasteiger partial charge in [-0.25, -0.2) is 8.78 Å². The summed E-state index contributed by atoms with van der Waals surface area (Å²) < 4.78 is 32.4. The van der Waals surface area contributed by atoms with Crippen LogP contribution in [-0.2, 0) is 6.61 Å². The highest BCUT2D eigenvalue weighted by molar-refractivity contribution is 6.30. The summed E-state index contributed by atoms with van der Waals surface area (Å²) in [6.45, 7) is 0.242. The summed E-state index contributed by atoms with van der Waals surface area (Å²) in [5.74, 6) is -1.77. The van der Waals surface area contributed by atoms with Crippen molar-refractivity contribution in [3.63, 3.8) is 0 Å². The number of halogens is 3. The Kier molecular flexibility index (Phi) is 5.49. The lowest BCUT2D eigenvalue weighted by atomic mass is 10.1. The zero-order valence-corrected chi connectivity index (χ0v) is 14.3. The van der Waals surface area contributed by atoms with Crippen LogP contribution in [0.1, 0.15) is 15.9 Å². The van der Waals surface area contributed by atoms with Gasteiger partial charge in [-0.2, -0.15) is 0 Å². The second kappa shape index (κ2) is 7.97. The van der Waals surface area contributed by atoms with E-state index in [9.17, 15) is 13.6 Å². The molecule has 3 rings (SSSR count). The molecule has 132 valence electrons. The van der Waals surface area contributed by atoms with Crippen LogP contribution in [0.4, 0.5) is 14.5 Å². The van der Waals surface area contributed by atoms with Gasteiger partial charge in [-0.1, -0.05) is 35.9 Å². The van der Waals surface area contributed by atoms with Crippen molar-refractivity contribution < 1.29 is 18.3 Å². The van der Waals surface area contributed by atoms with E-state index in [0.717, 1.165) is 11.6 Å². The minimum absolute atomic E-state index is 0.107. The SMILES string of the molecule is O=C(Nc1ccc(F)cc1F)c1ccccc1OCc1ccc(Cl)cc1. The first kappa shape index (κ1) is 17.9. The van der Waals surface area contributed by atoms with Crippen LogP contribution in [0.5, 0.6) is 5.75 Å². The van der Waals surface area contributed by atoms with Crippen LogP contribution in [0.3, 0.4) is 0 Å². The average molecular weight is 374 g/mol. The Labute approximate surface area is 154 Å². The largest absolute Gasteiger partial charge is 0.488 e. The van der Waals surface area contributed by atoms with Crippen molar-refractivity contribution in [1.29, 1.82) is 0 Å². The summed E-state index contributed by atoms with van der Waals surface area (Å²) in [6, 6.07) is 16.7. The van der Waals surface area contributed by atoms with Crippen LogP contribution >= 0.6 is 11.6 Å². The fraction of sp³-hybridized carbons (Fsp3) is 0.0500. The molecule has 0 atom stereocenters. The van der Waals surface area contributed by atoms with Gasteiger partial charge in [-0.05, 0) is 42.0 Å². The fourth-order valence-corrected chi connectivity index (χ4v) is 2.43. The second-order valence-electron chi connectivity index (χ2n) is 5.49. The van der Waals surface area contributed by atoms with Crippen molar-refractivity contribution in [2.45, 2.75) is 6.61 Å². The lowest BCUT2D eigenvalue weighted by Gasteiger charge is -2.12. The maximum atomic E-state index is 13.7. The van der Waals surface area contributed by atoms with Crippen molar-refractivity contribution in [2.24, 2.45) is 0 Å². The van der Waals surface area contributed by atoms with Crippen LogP contribution < -0.4 is 10.1 Å². The number of carbonyl (C=O) groups is 1. The molecule has 6 heteroatoms. The quantitative estimate of drug-likeness (QED) is 0.645. The van der Waals surface area contributed by atoms with Gasteiger partial charge in [0.15, 0.2) is 0 Å². The number of hydrogen-bond acceptors (Lipinski definition) is 2. The molecule has 0 bridgehead atoms. The molecule has 3 aromatic rings. The Morgan fingerprint density at radius 3 is 2.46 bits per heavy atom. The molecule has 3 aromatic carbocycles. The molecule has 0 unspecified atom stereocenters. The standard InChI is InChI=1S/C20H14ClF2NO2/c21-14-7-5-13(6-8-14)12-26-19-4-2-1-3-16(19)20(25)24-18-10-9-15(22)11-17(18)23/h1-11H,12H2,(H,24,25). The van der Waals surface area contributed by atoms with Gasteiger partial charge < -0.3 is 10.1 Å². The van der Waals surface area contributed by atoms with E-state index in [1.165, 1.54) is 6.07 Å². The van der Waals surface area contributed by atoms with Crippen molar-refractivity contribution in [2.75, 3.05) is 5.32 Å². The molecular formula is C20H14ClF2NO2. The number of carbonyl (C=O) groups excluding carboxylic acids is 1. The van der Waals surface area contributed by atoms with Gasteiger partial charge in [0, 0.05) is 11.1 Å². The third kappa shape index (κ3) is 4.37. The van der Waals surface area contributed by atoms with E-state index in [0.29, 0.717) is 16.8 Å². The Hall–Kier alpha value is -2.92. The number of benzene rings is 3. The predicted molar refractivity (Wildman–Crippen MR) is 96.5 cm³/mol. The highest BCUT2D eigenvalue weighted by atomic mass is 35.5. The van der Waals surface area contributed by atoms with E-state index in [1.54, 1.807) is 36.4 Å². The number of hydrogen-bond donors (Lipinski definition) is 1. The molecular weight excluding hydrogens is 360 g/mol. The van der Waals surface area contributed by atoms with E-state index in [1.807, 2.05) is 12.1 Å². The van der Waals surface area contributed by atoms with Crippen LogP contribution in [-0.4, -0.2) is 5.91 Å². The minimum atomic E-state index is -0.849.